The molecule has 4 heteroatoms. The molecule has 0 N–H and O–H groups in total. The van der Waals surface area contributed by atoms with Gasteiger partial charge < -0.3 is 9.80 Å². The molecule has 0 bridgehead atoms. The number of nitrogens with zero attached hydrogens (tertiary/aromatic N) is 4. The van der Waals surface area contributed by atoms with E-state index in [-0.39, 0.29) is 0 Å². The third-order valence-electron chi connectivity index (χ3n) is 4.40. The van der Waals surface area contributed by atoms with Gasteiger partial charge in [0.2, 0.25) is 5.96 Å². The van der Waals surface area contributed by atoms with Gasteiger partial charge >= 0.3 is 0 Å². The highest BCUT2D eigenvalue weighted by Gasteiger charge is 2.21. The summed E-state index contributed by atoms with van der Waals surface area (Å²) < 4.78 is 0. The summed E-state index contributed by atoms with van der Waals surface area (Å²) in [5.74, 6) is 2.03. The molecule has 0 spiro atoms. The van der Waals surface area contributed by atoms with Crippen LogP contribution in [0.3, 0.4) is 0 Å². The molecule has 2 aliphatic heterocycles. The van der Waals surface area contributed by atoms with Crippen molar-refractivity contribution in [2.24, 2.45) is 9.98 Å². The highest BCUT2D eigenvalue weighted by molar-refractivity contribution is 5.97. The lowest BCUT2D eigenvalue weighted by molar-refractivity contribution is 0.339. The SMILES string of the molecule is C=CCN1CCC/C1=N/C(=N/c1ccccc1)N1CCCCC1. The Morgan fingerprint density at radius 3 is 2.57 bits per heavy atom. The first-order valence-electron chi connectivity index (χ1n) is 8.69. The highest BCUT2D eigenvalue weighted by Crippen LogP contribution is 2.18. The minimum atomic E-state index is 0.872. The Bertz CT molecular complexity index is 570. The number of guanidine groups is 1. The molecule has 1 aromatic carbocycles. The predicted octanol–water partition coefficient (Wildman–Crippen LogP) is 3.84. The molecule has 2 saturated heterocycles. The molecule has 2 heterocycles. The van der Waals surface area contributed by atoms with Gasteiger partial charge in [-0.05, 0) is 37.8 Å². The summed E-state index contributed by atoms with van der Waals surface area (Å²) in [5, 5.41) is 0. The first kappa shape index (κ1) is 15.8. The second-order valence-corrected chi connectivity index (χ2v) is 6.16. The Labute approximate surface area is 139 Å². The Kier molecular flexibility index (Phi) is 5.46. The van der Waals surface area contributed by atoms with E-state index in [4.69, 9.17) is 9.98 Å². The van der Waals surface area contributed by atoms with Crippen molar-refractivity contribution in [3.05, 3.63) is 43.0 Å². The predicted molar refractivity (Wildman–Crippen MR) is 97.4 cm³/mol. The lowest BCUT2D eigenvalue weighted by Crippen LogP contribution is -2.36. The van der Waals surface area contributed by atoms with Crippen LogP contribution in [0.5, 0.6) is 0 Å². The van der Waals surface area contributed by atoms with Crippen LogP contribution >= 0.6 is 0 Å². The zero-order valence-electron chi connectivity index (χ0n) is 13.8. The fraction of sp³-hybridized carbons (Fsp3) is 0.474. The molecule has 23 heavy (non-hydrogen) atoms. The number of hydrogen-bond acceptors (Lipinski definition) is 1. The molecule has 2 fully saturated rings. The molecule has 2 aliphatic rings. The number of para-hydroxylation sites is 1. The van der Waals surface area contributed by atoms with Crippen LogP contribution in [0.2, 0.25) is 0 Å². The number of rotatable bonds is 3. The van der Waals surface area contributed by atoms with Crippen LogP contribution in [0, 0.1) is 0 Å². The van der Waals surface area contributed by atoms with Crippen LogP contribution in [-0.2, 0) is 0 Å². The van der Waals surface area contributed by atoms with Gasteiger partial charge in [-0.2, -0.15) is 4.99 Å². The van der Waals surface area contributed by atoms with E-state index in [1.807, 2.05) is 36.4 Å². The molecule has 122 valence electrons. The van der Waals surface area contributed by atoms with Gasteiger partial charge in [-0.3, -0.25) is 0 Å². The Balaban J connectivity index is 1.88. The van der Waals surface area contributed by atoms with Gasteiger partial charge in [0.05, 0.1) is 5.69 Å². The van der Waals surface area contributed by atoms with Crippen LogP contribution < -0.4 is 0 Å². The molecule has 0 atom stereocenters. The van der Waals surface area contributed by atoms with Gasteiger partial charge in [0, 0.05) is 32.6 Å². The molecule has 0 amide bonds. The summed E-state index contributed by atoms with van der Waals surface area (Å²) >= 11 is 0. The average Bonchev–Trinajstić information content (AvgIpc) is 3.03. The molecular formula is C19H26N4. The normalized spacial score (nSPS) is 21.0. The summed E-state index contributed by atoms with van der Waals surface area (Å²) in [5.41, 5.74) is 0.977. The largest absolute Gasteiger partial charge is 0.356 e. The van der Waals surface area contributed by atoms with E-state index in [2.05, 4.69) is 16.4 Å². The molecule has 0 unspecified atom stereocenters. The third kappa shape index (κ3) is 4.21. The number of likely N-dealkylation sites (tertiary alicyclic amines) is 2. The van der Waals surface area contributed by atoms with Crippen LogP contribution in [0.1, 0.15) is 32.1 Å². The maximum atomic E-state index is 4.97. The highest BCUT2D eigenvalue weighted by atomic mass is 15.3. The maximum absolute atomic E-state index is 4.97. The summed E-state index contributed by atoms with van der Waals surface area (Å²) in [7, 11) is 0. The molecule has 3 rings (SSSR count). The van der Waals surface area contributed by atoms with Crippen molar-refractivity contribution in [3.8, 4) is 0 Å². The molecule has 4 nitrogen and oxygen atoms in total. The Hall–Kier alpha value is -2.10. The van der Waals surface area contributed by atoms with E-state index in [1.165, 1.54) is 25.7 Å². The van der Waals surface area contributed by atoms with Crippen LogP contribution in [0.4, 0.5) is 5.69 Å². The van der Waals surface area contributed by atoms with Crippen molar-refractivity contribution >= 4 is 17.5 Å². The fourth-order valence-corrected chi connectivity index (χ4v) is 3.19. The number of amidine groups is 1. The number of aliphatic imine (C=N–C) groups is 2. The third-order valence-corrected chi connectivity index (χ3v) is 4.40. The quantitative estimate of drug-likeness (QED) is 0.482. The minimum Gasteiger partial charge on any atom is -0.356 e. The molecule has 0 saturated carbocycles. The van der Waals surface area contributed by atoms with Gasteiger partial charge in [-0.15, -0.1) is 6.58 Å². The Morgan fingerprint density at radius 2 is 1.83 bits per heavy atom. The molecule has 0 aromatic heterocycles. The summed E-state index contributed by atoms with van der Waals surface area (Å²) in [4.78, 5) is 14.5. The molecule has 1 aromatic rings. The first-order valence-corrected chi connectivity index (χ1v) is 8.69. The topological polar surface area (TPSA) is 31.2 Å². The van der Waals surface area contributed by atoms with Crippen molar-refractivity contribution in [2.75, 3.05) is 26.2 Å². The van der Waals surface area contributed by atoms with Gasteiger partial charge in [-0.25, -0.2) is 4.99 Å². The van der Waals surface area contributed by atoms with Gasteiger partial charge in [0.1, 0.15) is 5.84 Å². The molecular weight excluding hydrogens is 284 g/mol. The lowest BCUT2D eigenvalue weighted by atomic mass is 10.1. The maximum Gasteiger partial charge on any atom is 0.227 e. The lowest BCUT2D eigenvalue weighted by Gasteiger charge is -2.28. The average molecular weight is 310 g/mol. The minimum absolute atomic E-state index is 0.872. The van der Waals surface area contributed by atoms with Gasteiger partial charge in [0.25, 0.3) is 0 Å². The smallest absolute Gasteiger partial charge is 0.227 e. The van der Waals surface area contributed by atoms with E-state index in [0.29, 0.717) is 0 Å². The fourth-order valence-electron chi connectivity index (χ4n) is 3.19. The zero-order chi connectivity index (χ0) is 15.9. The van der Waals surface area contributed by atoms with Crippen molar-refractivity contribution in [2.45, 2.75) is 32.1 Å². The molecule has 0 radical (unpaired) electrons. The van der Waals surface area contributed by atoms with E-state index < -0.39 is 0 Å². The van der Waals surface area contributed by atoms with E-state index in [1.54, 1.807) is 0 Å². The Morgan fingerprint density at radius 1 is 1.04 bits per heavy atom. The van der Waals surface area contributed by atoms with E-state index >= 15 is 0 Å². The first-order chi connectivity index (χ1) is 11.4. The number of benzene rings is 1. The summed E-state index contributed by atoms with van der Waals surface area (Å²) in [6, 6.07) is 10.2. The number of piperidine rings is 1. The zero-order valence-corrected chi connectivity index (χ0v) is 13.8. The van der Waals surface area contributed by atoms with Crippen LogP contribution in [-0.4, -0.2) is 47.8 Å². The second kappa shape index (κ2) is 7.95. The molecule has 0 aliphatic carbocycles. The van der Waals surface area contributed by atoms with E-state index in [0.717, 1.165) is 50.1 Å². The van der Waals surface area contributed by atoms with Gasteiger partial charge in [-0.1, -0.05) is 24.3 Å². The standard InChI is InChI=1S/C19H26N4/c1-2-13-22-16-9-12-18(22)21-19(23-14-7-4-8-15-23)20-17-10-5-3-6-11-17/h2-3,5-6,10-11H,1,4,7-9,12-16H2/b20-19-,21-18-. The van der Waals surface area contributed by atoms with Crippen molar-refractivity contribution in [1.29, 1.82) is 0 Å². The second-order valence-electron chi connectivity index (χ2n) is 6.16. The van der Waals surface area contributed by atoms with Crippen molar-refractivity contribution < 1.29 is 0 Å². The van der Waals surface area contributed by atoms with Gasteiger partial charge in [0.15, 0.2) is 0 Å². The monoisotopic (exact) mass is 310 g/mol. The summed E-state index contributed by atoms with van der Waals surface area (Å²) in [6.07, 6.45) is 7.94. The van der Waals surface area contributed by atoms with Crippen LogP contribution in [0.25, 0.3) is 0 Å². The number of hydrogen-bond donors (Lipinski definition) is 0. The van der Waals surface area contributed by atoms with E-state index in [9.17, 15) is 0 Å². The van der Waals surface area contributed by atoms with Crippen molar-refractivity contribution in [3.63, 3.8) is 0 Å². The van der Waals surface area contributed by atoms with Crippen molar-refractivity contribution in [1.82, 2.24) is 9.80 Å². The summed E-state index contributed by atoms with van der Waals surface area (Å²) in [6.45, 7) is 7.92. The van der Waals surface area contributed by atoms with Crippen LogP contribution in [0.15, 0.2) is 53.0 Å².